The van der Waals surface area contributed by atoms with Gasteiger partial charge in [0.1, 0.15) is 0 Å². The molecule has 1 atom stereocenters. The van der Waals surface area contributed by atoms with E-state index >= 15 is 0 Å². The van der Waals surface area contributed by atoms with E-state index in [0.717, 1.165) is 0 Å². The number of carbonyl (C=O) groups excluding carboxylic acids is 1. The fourth-order valence-corrected chi connectivity index (χ4v) is 14.9. The number of rotatable bonds is 6. The maximum atomic E-state index is 12.6. The maximum absolute atomic E-state index is 12.6. The summed E-state index contributed by atoms with van der Waals surface area (Å²) in [5.41, 5.74) is 0. The van der Waals surface area contributed by atoms with Crippen molar-refractivity contribution >= 4 is 35.4 Å². The molecule has 0 heterocycles. The normalized spacial score (nSPS) is 12.4. The van der Waals surface area contributed by atoms with Crippen LogP contribution in [-0.2, 0) is 7.87 Å². The van der Waals surface area contributed by atoms with Gasteiger partial charge in [0.25, 0.3) is 0 Å². The van der Waals surface area contributed by atoms with Crippen molar-refractivity contribution in [2.45, 2.75) is 13.0 Å². The van der Waals surface area contributed by atoms with Crippen molar-refractivity contribution in [2.75, 3.05) is 14.1 Å². The fraction of sp³-hybridized carbons (Fsp3) is 0.174. The van der Waals surface area contributed by atoms with Gasteiger partial charge in [-0.05, 0) is 0 Å². The van der Waals surface area contributed by atoms with Gasteiger partial charge in [-0.25, -0.2) is 0 Å². The molecule has 138 valence electrons. The van der Waals surface area contributed by atoms with Crippen LogP contribution in [0.2, 0.25) is 0 Å². The van der Waals surface area contributed by atoms with E-state index in [4.69, 9.17) is 3.07 Å². The molecular weight excluding hydrogens is 441 g/mol. The number of amides is 1. The van der Waals surface area contributed by atoms with Crippen LogP contribution in [0.15, 0.2) is 91.0 Å². The third-order valence-electron chi connectivity index (χ3n) is 4.68. The Morgan fingerprint density at radius 1 is 0.741 bits per heavy atom. The van der Waals surface area contributed by atoms with Gasteiger partial charge in [0, 0.05) is 0 Å². The Morgan fingerprint density at radius 3 is 1.37 bits per heavy atom. The van der Waals surface area contributed by atoms with Gasteiger partial charge in [0.05, 0.1) is 0 Å². The number of carbonyl (C=O) groups is 1. The Labute approximate surface area is 166 Å². The van der Waals surface area contributed by atoms with Gasteiger partial charge in [-0.3, -0.25) is 0 Å². The van der Waals surface area contributed by atoms with Crippen molar-refractivity contribution in [2.24, 2.45) is 0 Å². The second kappa shape index (κ2) is 8.72. The Morgan fingerprint density at radius 2 is 1.07 bits per heavy atom. The second-order valence-corrected chi connectivity index (χ2v) is 16.3. The average molecular weight is 466 g/mol. The van der Waals surface area contributed by atoms with Gasteiger partial charge in [-0.15, -0.1) is 0 Å². The van der Waals surface area contributed by atoms with Crippen LogP contribution in [0, 0.1) is 0 Å². The van der Waals surface area contributed by atoms with E-state index < -0.39 is 24.9 Å². The van der Waals surface area contributed by atoms with E-state index in [-0.39, 0.29) is 5.91 Å². The van der Waals surface area contributed by atoms with Crippen molar-refractivity contribution in [3.8, 4) is 0 Å². The van der Waals surface area contributed by atoms with Crippen molar-refractivity contribution in [3.05, 3.63) is 91.0 Å². The Bertz CT molecular complexity index is 770. The van der Waals surface area contributed by atoms with Crippen LogP contribution in [0.4, 0.5) is 0 Å². The summed E-state index contributed by atoms with van der Waals surface area (Å²) >= 11 is -3.85. The third kappa shape index (κ3) is 4.09. The quantitative estimate of drug-likeness (QED) is 0.522. The van der Waals surface area contributed by atoms with Gasteiger partial charge < -0.3 is 0 Å². The molecule has 1 amide bonds. The Hall–Kier alpha value is -2.11. The van der Waals surface area contributed by atoms with E-state index in [9.17, 15) is 4.79 Å². The van der Waals surface area contributed by atoms with Gasteiger partial charge in [-0.2, -0.15) is 0 Å². The molecular formula is C23H25NO2Sn. The molecule has 0 saturated carbocycles. The Kier molecular flexibility index (Phi) is 6.34. The number of nitrogens with zero attached hydrogens (tertiary/aromatic N) is 1. The van der Waals surface area contributed by atoms with Crippen molar-refractivity contribution in [1.82, 2.24) is 4.90 Å². The minimum absolute atomic E-state index is 0.0149. The molecule has 3 nitrogen and oxygen atoms in total. The molecule has 0 spiro atoms. The van der Waals surface area contributed by atoms with Crippen LogP contribution in [0.5, 0.6) is 0 Å². The predicted molar refractivity (Wildman–Crippen MR) is 113 cm³/mol. The molecule has 0 N–H and O–H groups in total. The summed E-state index contributed by atoms with van der Waals surface area (Å²) in [6.07, 6.45) is -0.517. The molecule has 0 fully saturated rings. The van der Waals surface area contributed by atoms with Gasteiger partial charge in [-0.1, -0.05) is 0 Å². The zero-order chi connectivity index (χ0) is 19.3. The number of hydrogen-bond acceptors (Lipinski definition) is 2. The molecule has 0 radical (unpaired) electrons. The molecule has 0 saturated heterocycles. The molecule has 0 aliphatic rings. The molecule has 0 aliphatic carbocycles. The minimum atomic E-state index is -3.85. The SMILES string of the molecule is CC([O][Sn]([c]1ccccc1)([c]1ccccc1)[c]1ccccc1)C(=O)N(C)C. The third-order valence-corrected chi connectivity index (χ3v) is 16.5. The topological polar surface area (TPSA) is 29.5 Å². The van der Waals surface area contributed by atoms with E-state index in [1.807, 2.05) is 25.1 Å². The standard InChI is InChI=1S/3C6H5.C5H10NO2.Sn/c3*1-2-4-6-5-3-1;1-4(7)5(8)6(2)3;/h3*1-5H;4H,1-3H3;/q;;;-1;+1. The van der Waals surface area contributed by atoms with E-state index in [1.54, 1.807) is 19.0 Å². The van der Waals surface area contributed by atoms with Gasteiger partial charge in [0.15, 0.2) is 0 Å². The first-order chi connectivity index (χ1) is 13.1. The monoisotopic (exact) mass is 467 g/mol. The van der Waals surface area contributed by atoms with Crippen molar-refractivity contribution in [1.29, 1.82) is 0 Å². The summed E-state index contributed by atoms with van der Waals surface area (Å²) in [4.78, 5) is 14.2. The molecule has 0 aliphatic heterocycles. The average Bonchev–Trinajstić information content (AvgIpc) is 2.73. The first kappa shape index (κ1) is 19.6. The molecule has 0 aromatic heterocycles. The van der Waals surface area contributed by atoms with Crippen LogP contribution >= 0.6 is 0 Å². The molecule has 3 aromatic rings. The second-order valence-electron chi connectivity index (χ2n) is 6.77. The van der Waals surface area contributed by atoms with Crippen molar-refractivity contribution in [3.63, 3.8) is 0 Å². The fourth-order valence-electron chi connectivity index (χ4n) is 3.40. The number of hydrogen-bond donors (Lipinski definition) is 0. The first-order valence-corrected chi connectivity index (χ1v) is 14.6. The summed E-state index contributed by atoms with van der Waals surface area (Å²) in [5, 5.41) is 0. The molecule has 3 aromatic carbocycles. The van der Waals surface area contributed by atoms with E-state index in [2.05, 4.69) is 72.8 Å². The molecule has 1 unspecified atom stereocenters. The number of benzene rings is 3. The molecule has 0 bridgehead atoms. The zero-order valence-corrected chi connectivity index (χ0v) is 18.9. The van der Waals surface area contributed by atoms with Gasteiger partial charge in [0.2, 0.25) is 0 Å². The van der Waals surface area contributed by atoms with Crippen LogP contribution in [0.25, 0.3) is 0 Å². The zero-order valence-electron chi connectivity index (χ0n) is 16.0. The first-order valence-electron chi connectivity index (χ1n) is 9.11. The van der Waals surface area contributed by atoms with Crippen LogP contribution in [0.1, 0.15) is 6.92 Å². The predicted octanol–water partition coefficient (Wildman–Crippen LogP) is 2.15. The number of likely N-dealkylation sites (N-methyl/N-ethyl adjacent to an activating group) is 1. The summed E-state index contributed by atoms with van der Waals surface area (Å²) in [7, 11) is 3.54. The van der Waals surface area contributed by atoms with Crippen LogP contribution in [-0.4, -0.2) is 49.8 Å². The van der Waals surface area contributed by atoms with E-state index in [1.165, 1.54) is 10.7 Å². The summed E-state index contributed by atoms with van der Waals surface area (Å²) < 4.78 is 10.4. The van der Waals surface area contributed by atoms with E-state index in [0.29, 0.717) is 0 Å². The van der Waals surface area contributed by atoms with Crippen LogP contribution < -0.4 is 10.7 Å². The van der Waals surface area contributed by atoms with Gasteiger partial charge >= 0.3 is 166 Å². The van der Waals surface area contributed by atoms with Crippen LogP contribution in [0.3, 0.4) is 0 Å². The van der Waals surface area contributed by atoms with Crippen molar-refractivity contribution < 1.29 is 7.87 Å². The molecule has 4 heteroatoms. The Balaban J connectivity index is 2.24. The molecule has 27 heavy (non-hydrogen) atoms. The summed E-state index contributed by atoms with van der Waals surface area (Å²) in [5.74, 6) is -0.0149. The summed E-state index contributed by atoms with van der Waals surface area (Å²) in [6, 6.07) is 31.2. The molecule has 3 rings (SSSR count). The summed E-state index contributed by atoms with van der Waals surface area (Å²) in [6.45, 7) is 1.86.